The van der Waals surface area contributed by atoms with Crippen molar-refractivity contribution >= 4 is 33.7 Å². The van der Waals surface area contributed by atoms with Crippen LogP contribution in [-0.4, -0.2) is 47.9 Å². The molecule has 0 aromatic carbocycles. The molecule has 1 N–H and O–H groups in total. The first-order valence-corrected chi connectivity index (χ1v) is 10.8. The lowest BCUT2D eigenvalue weighted by atomic mass is 10.0. The van der Waals surface area contributed by atoms with Gasteiger partial charge in [0.2, 0.25) is 0 Å². The van der Waals surface area contributed by atoms with E-state index < -0.39 is 18.1 Å². The highest BCUT2D eigenvalue weighted by Gasteiger charge is 2.24. The zero-order valence-electron chi connectivity index (χ0n) is 16.0. The lowest BCUT2D eigenvalue weighted by molar-refractivity contribution is -0.143. The molecule has 1 unspecified atom stereocenters. The molecule has 0 spiro atoms. The van der Waals surface area contributed by atoms with Crippen LogP contribution in [0.5, 0.6) is 0 Å². The Morgan fingerprint density at radius 2 is 2.25 bits per heavy atom. The number of ether oxygens (including phenoxy) is 2. The van der Waals surface area contributed by atoms with Crippen LogP contribution in [0.4, 0.5) is 4.79 Å². The monoisotopic (exact) mass is 425 g/mol. The Hall–Kier alpha value is -2.28. The number of nitriles is 1. The van der Waals surface area contributed by atoms with E-state index in [1.165, 1.54) is 10.8 Å². The highest BCUT2D eigenvalue weighted by molar-refractivity contribution is 8.77. The third-order valence-electron chi connectivity index (χ3n) is 3.12. The molecule has 0 aromatic heterocycles. The van der Waals surface area contributed by atoms with E-state index in [0.29, 0.717) is 6.42 Å². The van der Waals surface area contributed by atoms with E-state index in [9.17, 15) is 9.59 Å². The van der Waals surface area contributed by atoms with Crippen LogP contribution in [0.25, 0.3) is 10.4 Å². The number of nitrogens with one attached hydrogen (secondary N) is 1. The molecular weight excluding hydrogens is 402 g/mol. The first kappa shape index (κ1) is 23.8. The molecule has 0 saturated carbocycles. The fourth-order valence-corrected chi connectivity index (χ4v) is 4.35. The van der Waals surface area contributed by atoms with Gasteiger partial charge in [0.15, 0.2) is 6.61 Å². The lowest BCUT2D eigenvalue weighted by Crippen LogP contribution is -2.44. The summed E-state index contributed by atoms with van der Waals surface area (Å²) in [5.41, 5.74) is 9.18. The number of azide groups is 1. The van der Waals surface area contributed by atoms with Crippen molar-refractivity contribution in [2.45, 2.75) is 44.0 Å². The molecule has 1 rings (SSSR count). The van der Waals surface area contributed by atoms with Crippen LogP contribution in [0, 0.1) is 11.3 Å². The lowest BCUT2D eigenvalue weighted by Gasteiger charge is -2.20. The van der Waals surface area contributed by atoms with Crippen molar-refractivity contribution in [2.24, 2.45) is 5.11 Å². The van der Waals surface area contributed by atoms with E-state index in [1.807, 2.05) is 26.8 Å². The second-order valence-electron chi connectivity index (χ2n) is 6.67. The highest BCUT2D eigenvalue weighted by Crippen LogP contribution is 2.35. The van der Waals surface area contributed by atoms with Gasteiger partial charge in [0.1, 0.15) is 18.7 Å². The summed E-state index contributed by atoms with van der Waals surface area (Å²) < 4.78 is 9.94. The minimum atomic E-state index is -0.925. The number of esters is 1. The maximum Gasteiger partial charge on any atom is 0.408 e. The first-order valence-electron chi connectivity index (χ1n) is 8.44. The van der Waals surface area contributed by atoms with Gasteiger partial charge in [-0.2, -0.15) is 5.26 Å². The van der Waals surface area contributed by atoms with Crippen LogP contribution >= 0.6 is 21.6 Å². The van der Waals surface area contributed by atoms with Crippen molar-refractivity contribution in [1.29, 1.82) is 5.26 Å². The van der Waals surface area contributed by atoms with E-state index in [2.05, 4.69) is 15.3 Å². The van der Waals surface area contributed by atoms with Crippen molar-refractivity contribution in [2.75, 3.05) is 19.0 Å². The first-order chi connectivity index (χ1) is 13.2. The van der Waals surface area contributed by atoms with Crippen LogP contribution < -0.4 is 5.32 Å². The SMILES string of the molecule is CC(C)(C)SSC[C@@H](NC(=O)OCC1=CCC(N=[N+]=[N-])C=C1)C(=O)OCC#N. The van der Waals surface area contributed by atoms with Crippen molar-refractivity contribution in [3.63, 3.8) is 0 Å². The molecule has 0 bridgehead atoms. The fourth-order valence-electron chi connectivity index (χ4n) is 1.90. The maximum atomic E-state index is 12.1. The molecule has 1 aliphatic carbocycles. The summed E-state index contributed by atoms with van der Waals surface area (Å²) in [5.74, 6) is -0.410. The molecule has 28 heavy (non-hydrogen) atoms. The van der Waals surface area contributed by atoms with E-state index in [0.717, 1.165) is 5.57 Å². The second kappa shape index (κ2) is 12.2. The van der Waals surface area contributed by atoms with E-state index in [-0.39, 0.29) is 29.8 Å². The second-order valence-corrected chi connectivity index (χ2v) is 9.83. The van der Waals surface area contributed by atoms with Gasteiger partial charge >= 0.3 is 12.1 Å². The van der Waals surface area contributed by atoms with Gasteiger partial charge in [-0.25, -0.2) is 9.59 Å². The Bertz CT molecular complexity index is 705. The van der Waals surface area contributed by atoms with Crippen molar-refractivity contribution in [3.8, 4) is 6.07 Å². The summed E-state index contributed by atoms with van der Waals surface area (Å²) in [6.07, 6.45) is 5.06. The molecule has 152 valence electrons. The summed E-state index contributed by atoms with van der Waals surface area (Å²) in [7, 11) is 2.99. The Kier molecular flexibility index (Phi) is 10.4. The third kappa shape index (κ3) is 10.2. The Morgan fingerprint density at radius 1 is 1.50 bits per heavy atom. The predicted octanol–water partition coefficient (Wildman–Crippen LogP) is 3.89. The highest BCUT2D eigenvalue weighted by atomic mass is 33.1. The molecule has 11 heteroatoms. The Balaban J connectivity index is 2.53. The van der Waals surface area contributed by atoms with Crippen LogP contribution in [0.1, 0.15) is 27.2 Å². The summed E-state index contributed by atoms with van der Waals surface area (Å²) in [5, 5.41) is 14.6. The molecule has 1 aliphatic rings. The normalized spacial score (nSPS) is 16.8. The quantitative estimate of drug-likeness (QED) is 0.194. The zero-order valence-corrected chi connectivity index (χ0v) is 17.6. The summed E-state index contributed by atoms with van der Waals surface area (Å²) in [4.78, 5) is 26.9. The van der Waals surface area contributed by atoms with Crippen LogP contribution in [0.15, 0.2) is 28.9 Å². The van der Waals surface area contributed by atoms with Crippen molar-refractivity contribution in [1.82, 2.24) is 5.32 Å². The van der Waals surface area contributed by atoms with Gasteiger partial charge in [-0.3, -0.25) is 0 Å². The zero-order chi connectivity index (χ0) is 21.0. The number of hydrogen-bond donors (Lipinski definition) is 1. The fraction of sp³-hybridized carbons (Fsp3) is 0.588. The average Bonchev–Trinajstić information content (AvgIpc) is 2.64. The topological polar surface area (TPSA) is 137 Å². The molecule has 0 radical (unpaired) electrons. The molecular formula is C17H23N5O4S2. The van der Waals surface area contributed by atoms with Gasteiger partial charge in [-0.05, 0) is 17.5 Å². The van der Waals surface area contributed by atoms with Gasteiger partial charge < -0.3 is 14.8 Å². The largest absolute Gasteiger partial charge is 0.449 e. The molecule has 9 nitrogen and oxygen atoms in total. The van der Waals surface area contributed by atoms with E-state index in [1.54, 1.807) is 29.0 Å². The molecule has 0 heterocycles. The van der Waals surface area contributed by atoms with Gasteiger partial charge in [-0.1, -0.05) is 65.7 Å². The molecule has 2 atom stereocenters. The molecule has 0 aliphatic heterocycles. The van der Waals surface area contributed by atoms with E-state index in [4.69, 9.17) is 20.3 Å². The number of nitrogens with zero attached hydrogens (tertiary/aromatic N) is 4. The number of rotatable bonds is 9. The summed E-state index contributed by atoms with van der Waals surface area (Å²) >= 11 is 0. The average molecular weight is 426 g/mol. The number of carbonyl (C=O) groups excluding carboxylic acids is 2. The standard InChI is InChI=1S/C17H23N5O4S2/c1-17(2,3)28-27-11-14(15(23)25-9-8-18)20-16(24)26-10-12-4-6-13(7-5-12)21-22-19/h4-6,13-14H,7,9-11H2,1-3H3,(H,20,24)/t13?,14-/m1/s1. The predicted molar refractivity (Wildman–Crippen MR) is 109 cm³/mol. The minimum absolute atomic E-state index is 0.0144. The number of carbonyl (C=O) groups is 2. The smallest absolute Gasteiger partial charge is 0.408 e. The van der Waals surface area contributed by atoms with E-state index >= 15 is 0 Å². The van der Waals surface area contributed by atoms with Gasteiger partial charge in [0, 0.05) is 15.4 Å². The van der Waals surface area contributed by atoms with Gasteiger partial charge in [0.25, 0.3) is 0 Å². The van der Waals surface area contributed by atoms with Gasteiger partial charge in [0.05, 0.1) is 6.04 Å². The van der Waals surface area contributed by atoms with Crippen LogP contribution in [-0.2, 0) is 14.3 Å². The van der Waals surface area contributed by atoms with Crippen LogP contribution in [0.2, 0.25) is 0 Å². The summed E-state index contributed by atoms with van der Waals surface area (Å²) in [6, 6.07) is 0.562. The van der Waals surface area contributed by atoms with Crippen LogP contribution in [0.3, 0.4) is 0 Å². The molecule has 0 saturated heterocycles. The van der Waals surface area contributed by atoms with Gasteiger partial charge in [-0.15, -0.1) is 0 Å². The van der Waals surface area contributed by atoms with Crippen molar-refractivity contribution < 1.29 is 19.1 Å². The Morgan fingerprint density at radius 3 is 2.82 bits per heavy atom. The number of hydrogen-bond acceptors (Lipinski definition) is 8. The molecule has 0 aromatic rings. The summed E-state index contributed by atoms with van der Waals surface area (Å²) in [6.45, 7) is 5.75. The molecule has 0 fully saturated rings. The molecule has 1 amide bonds. The number of alkyl carbamates (subject to hydrolysis) is 1. The minimum Gasteiger partial charge on any atom is -0.449 e. The maximum absolute atomic E-state index is 12.1. The van der Waals surface area contributed by atoms with Crippen molar-refractivity contribution in [3.05, 3.63) is 34.2 Å². The number of amides is 1. The third-order valence-corrected chi connectivity index (χ3v) is 6.47. The Labute approximate surface area is 171 Å².